The maximum absolute atomic E-state index is 13.4. The van der Waals surface area contributed by atoms with Crippen LogP contribution in [0.3, 0.4) is 0 Å². The van der Waals surface area contributed by atoms with Gasteiger partial charge in [0.05, 0.1) is 6.20 Å². The van der Waals surface area contributed by atoms with Crippen LogP contribution >= 0.6 is 0 Å². The molecule has 0 atom stereocenters. The zero-order valence-electron chi connectivity index (χ0n) is 14.7. The first-order valence-electron chi connectivity index (χ1n) is 8.93. The van der Waals surface area contributed by atoms with E-state index in [1.807, 2.05) is 6.07 Å². The topological polar surface area (TPSA) is 77.8 Å². The largest absolute Gasteiger partial charge is 0.454 e. The summed E-state index contributed by atoms with van der Waals surface area (Å²) in [5.74, 6) is 1.05. The van der Waals surface area contributed by atoms with Crippen LogP contribution in [-0.2, 0) is 6.54 Å². The number of aromatic nitrogens is 3. The minimum atomic E-state index is -2.70. The van der Waals surface area contributed by atoms with Crippen LogP contribution in [0.5, 0.6) is 11.5 Å². The van der Waals surface area contributed by atoms with Crippen molar-refractivity contribution in [2.45, 2.75) is 31.7 Å². The van der Waals surface area contributed by atoms with Gasteiger partial charge in [0, 0.05) is 18.2 Å². The van der Waals surface area contributed by atoms with E-state index in [1.165, 1.54) is 12.3 Å². The molecule has 1 N–H and O–H groups in total. The number of nitrogens with one attached hydrogen (secondary N) is 1. The van der Waals surface area contributed by atoms with E-state index < -0.39 is 12.3 Å². The smallest absolute Gasteiger partial charge is 0.280 e. The van der Waals surface area contributed by atoms with E-state index in [9.17, 15) is 13.6 Å². The number of halogens is 2. The standard InChI is InChI=1S/C19H16F2N4O3/c20-17(21)14-6-13(11-2-3-11)24-18-12(8-23-25(14)18)19(26)22-7-10-1-4-15-16(5-10)28-9-27-15/h1,4-6,8,11,17H,2-3,7,9H2,(H,22,26). The molecule has 9 heteroatoms. The van der Waals surface area contributed by atoms with Crippen molar-refractivity contribution >= 4 is 11.6 Å². The lowest BCUT2D eigenvalue weighted by atomic mass is 10.2. The maximum Gasteiger partial charge on any atom is 0.280 e. The number of carbonyl (C=O) groups is 1. The van der Waals surface area contributed by atoms with Crippen molar-refractivity contribution in [1.29, 1.82) is 0 Å². The fourth-order valence-corrected chi connectivity index (χ4v) is 3.24. The van der Waals surface area contributed by atoms with Gasteiger partial charge in [-0.05, 0) is 36.6 Å². The molecule has 0 unspecified atom stereocenters. The highest BCUT2D eigenvalue weighted by atomic mass is 19.3. The number of alkyl halides is 2. The molecule has 144 valence electrons. The van der Waals surface area contributed by atoms with Gasteiger partial charge in [0.2, 0.25) is 6.79 Å². The Balaban J connectivity index is 1.41. The van der Waals surface area contributed by atoms with Gasteiger partial charge >= 0.3 is 0 Å². The fourth-order valence-electron chi connectivity index (χ4n) is 3.24. The van der Waals surface area contributed by atoms with Crippen LogP contribution in [0, 0.1) is 0 Å². The first kappa shape index (κ1) is 16.9. The molecule has 3 heterocycles. The molecule has 1 amide bonds. The predicted octanol–water partition coefficient (Wildman–Crippen LogP) is 3.20. The number of rotatable bonds is 5. The second kappa shape index (κ2) is 6.43. The van der Waals surface area contributed by atoms with Gasteiger partial charge in [-0.25, -0.2) is 18.3 Å². The molecule has 0 bridgehead atoms. The molecular weight excluding hydrogens is 370 g/mol. The lowest BCUT2D eigenvalue weighted by Gasteiger charge is -2.08. The normalized spacial score (nSPS) is 15.4. The SMILES string of the molecule is O=C(NCc1ccc2c(c1)OCO2)c1cnn2c(C(F)F)cc(C3CC3)nc12. The summed E-state index contributed by atoms with van der Waals surface area (Å²) in [6.45, 7) is 0.422. The molecule has 2 aliphatic rings. The Morgan fingerprint density at radius 2 is 2.07 bits per heavy atom. The van der Waals surface area contributed by atoms with E-state index in [4.69, 9.17) is 9.47 Å². The molecule has 1 aliphatic heterocycles. The second-order valence-corrected chi connectivity index (χ2v) is 6.84. The predicted molar refractivity (Wildman–Crippen MR) is 93.7 cm³/mol. The highest BCUT2D eigenvalue weighted by molar-refractivity contribution is 5.99. The zero-order chi connectivity index (χ0) is 19.3. The molecule has 0 saturated heterocycles. The van der Waals surface area contributed by atoms with Gasteiger partial charge in [-0.2, -0.15) is 5.10 Å². The number of ether oxygens (including phenoxy) is 2. The molecule has 3 aromatic rings. The number of carbonyl (C=O) groups excluding carboxylic acids is 1. The molecule has 2 aromatic heterocycles. The maximum atomic E-state index is 13.4. The van der Waals surface area contributed by atoms with Crippen LogP contribution in [0.15, 0.2) is 30.5 Å². The Kier molecular flexibility index (Phi) is 3.88. The van der Waals surface area contributed by atoms with Crippen molar-refractivity contribution < 1.29 is 23.0 Å². The summed E-state index contributed by atoms with van der Waals surface area (Å²) in [5, 5.41) is 6.74. The molecule has 5 rings (SSSR count). The van der Waals surface area contributed by atoms with Gasteiger partial charge in [-0.1, -0.05) is 6.07 Å². The Bertz CT molecular complexity index is 1080. The Morgan fingerprint density at radius 3 is 2.86 bits per heavy atom. The molecule has 0 spiro atoms. The van der Waals surface area contributed by atoms with Crippen molar-refractivity contribution in [3.05, 3.63) is 53.0 Å². The number of amides is 1. The van der Waals surface area contributed by atoms with Crippen LogP contribution in [0.2, 0.25) is 0 Å². The Hall–Kier alpha value is -3.23. The third kappa shape index (κ3) is 2.92. The summed E-state index contributed by atoms with van der Waals surface area (Å²) in [7, 11) is 0. The molecule has 7 nitrogen and oxygen atoms in total. The Morgan fingerprint density at radius 1 is 1.25 bits per heavy atom. The number of benzene rings is 1. The molecular formula is C19H16F2N4O3. The highest BCUT2D eigenvalue weighted by Crippen LogP contribution is 2.40. The number of fused-ring (bicyclic) bond motifs is 2. The number of nitrogens with zero attached hydrogens (tertiary/aromatic N) is 3. The van der Waals surface area contributed by atoms with Gasteiger partial charge in [0.15, 0.2) is 17.1 Å². The monoisotopic (exact) mass is 386 g/mol. The molecule has 1 aromatic carbocycles. The molecule has 28 heavy (non-hydrogen) atoms. The van der Waals surface area contributed by atoms with Crippen molar-refractivity contribution in [3.8, 4) is 11.5 Å². The third-order valence-corrected chi connectivity index (χ3v) is 4.87. The van der Waals surface area contributed by atoms with E-state index in [-0.39, 0.29) is 36.2 Å². The average molecular weight is 386 g/mol. The minimum Gasteiger partial charge on any atom is -0.454 e. The van der Waals surface area contributed by atoms with Crippen LogP contribution in [0.1, 0.15) is 52.5 Å². The van der Waals surface area contributed by atoms with Gasteiger partial charge < -0.3 is 14.8 Å². The van der Waals surface area contributed by atoms with Crippen molar-refractivity contribution in [1.82, 2.24) is 19.9 Å². The fraction of sp³-hybridized carbons (Fsp3) is 0.316. The minimum absolute atomic E-state index is 0.155. The number of hydrogen-bond acceptors (Lipinski definition) is 5. The zero-order valence-corrected chi connectivity index (χ0v) is 14.7. The molecule has 1 aliphatic carbocycles. The summed E-state index contributed by atoms with van der Waals surface area (Å²) in [4.78, 5) is 17.1. The van der Waals surface area contributed by atoms with Crippen LogP contribution in [-0.4, -0.2) is 27.3 Å². The summed E-state index contributed by atoms with van der Waals surface area (Å²) < 4.78 is 38.5. The lowest BCUT2D eigenvalue weighted by molar-refractivity contribution is 0.0952. The molecule has 0 radical (unpaired) electrons. The highest BCUT2D eigenvalue weighted by Gasteiger charge is 2.29. The van der Waals surface area contributed by atoms with Crippen LogP contribution in [0.25, 0.3) is 5.65 Å². The average Bonchev–Trinajstić information content (AvgIpc) is 3.29. The third-order valence-electron chi connectivity index (χ3n) is 4.87. The Labute approximate surface area is 158 Å². The van der Waals surface area contributed by atoms with Gasteiger partial charge in [0.1, 0.15) is 11.3 Å². The quantitative estimate of drug-likeness (QED) is 0.729. The van der Waals surface area contributed by atoms with Crippen molar-refractivity contribution in [2.75, 3.05) is 6.79 Å². The second-order valence-electron chi connectivity index (χ2n) is 6.84. The summed E-state index contributed by atoms with van der Waals surface area (Å²) in [5.41, 5.74) is 1.50. The summed E-state index contributed by atoms with van der Waals surface area (Å²) >= 11 is 0. The van der Waals surface area contributed by atoms with Gasteiger partial charge in [-0.3, -0.25) is 4.79 Å². The van der Waals surface area contributed by atoms with E-state index in [0.717, 1.165) is 22.9 Å². The lowest BCUT2D eigenvalue weighted by Crippen LogP contribution is -2.23. The summed E-state index contributed by atoms with van der Waals surface area (Å²) in [6.07, 6.45) is 0.421. The first-order chi connectivity index (χ1) is 13.6. The van der Waals surface area contributed by atoms with Crippen LogP contribution < -0.4 is 14.8 Å². The van der Waals surface area contributed by atoms with E-state index >= 15 is 0 Å². The van der Waals surface area contributed by atoms with E-state index in [1.54, 1.807) is 12.1 Å². The number of hydrogen-bond donors (Lipinski definition) is 1. The van der Waals surface area contributed by atoms with E-state index in [0.29, 0.717) is 17.2 Å². The van der Waals surface area contributed by atoms with Crippen molar-refractivity contribution in [3.63, 3.8) is 0 Å². The summed E-state index contributed by atoms with van der Waals surface area (Å²) in [6, 6.07) is 6.77. The molecule has 1 saturated carbocycles. The first-order valence-corrected chi connectivity index (χ1v) is 8.93. The molecule has 1 fully saturated rings. The van der Waals surface area contributed by atoms with Crippen molar-refractivity contribution in [2.24, 2.45) is 0 Å². The van der Waals surface area contributed by atoms with E-state index in [2.05, 4.69) is 15.4 Å². The van der Waals surface area contributed by atoms with Gasteiger partial charge in [-0.15, -0.1) is 0 Å². The van der Waals surface area contributed by atoms with Crippen LogP contribution in [0.4, 0.5) is 8.78 Å². The van der Waals surface area contributed by atoms with Gasteiger partial charge in [0.25, 0.3) is 12.3 Å².